The standard InChI is InChI=1S/C23H26ClN5O/c24-19-14-25-23(26-15-19)29-10-6-16(7-11-29)21-13-18(21)8-12-30-20-3-1-17(2-4-20)22-5-9-27-28-22/h1-5,9,14-16,18,21H,6-8,10-13H2,(H,27,28)/t18-,21-/m0/s1. The van der Waals surface area contributed by atoms with Crippen molar-refractivity contribution < 1.29 is 4.74 Å². The van der Waals surface area contributed by atoms with Crippen LogP contribution >= 0.6 is 11.6 Å². The van der Waals surface area contributed by atoms with E-state index in [1.165, 1.54) is 19.3 Å². The van der Waals surface area contributed by atoms with Crippen molar-refractivity contribution in [3.63, 3.8) is 0 Å². The number of aromatic amines is 1. The number of piperidine rings is 1. The van der Waals surface area contributed by atoms with E-state index in [4.69, 9.17) is 16.3 Å². The third kappa shape index (κ3) is 4.43. The molecule has 30 heavy (non-hydrogen) atoms. The molecule has 3 aromatic rings. The number of nitrogens with one attached hydrogen (secondary N) is 1. The lowest BCUT2D eigenvalue weighted by molar-refractivity contribution is 0.284. The predicted molar refractivity (Wildman–Crippen MR) is 118 cm³/mol. The van der Waals surface area contributed by atoms with E-state index in [0.717, 1.165) is 66.8 Å². The molecule has 156 valence electrons. The summed E-state index contributed by atoms with van der Waals surface area (Å²) in [5.41, 5.74) is 2.15. The summed E-state index contributed by atoms with van der Waals surface area (Å²) < 4.78 is 5.99. The van der Waals surface area contributed by atoms with Crippen LogP contribution in [-0.4, -0.2) is 39.9 Å². The van der Waals surface area contributed by atoms with Gasteiger partial charge in [0.2, 0.25) is 5.95 Å². The van der Waals surface area contributed by atoms with E-state index in [2.05, 4.69) is 37.2 Å². The molecule has 1 aromatic carbocycles. The third-order valence-electron chi connectivity index (χ3n) is 6.44. The fourth-order valence-electron chi connectivity index (χ4n) is 4.65. The van der Waals surface area contributed by atoms with Crippen LogP contribution in [0.4, 0.5) is 5.95 Å². The molecule has 5 rings (SSSR count). The zero-order valence-electron chi connectivity index (χ0n) is 16.9. The molecule has 2 aromatic heterocycles. The van der Waals surface area contributed by atoms with Crippen molar-refractivity contribution in [1.82, 2.24) is 20.2 Å². The summed E-state index contributed by atoms with van der Waals surface area (Å²) in [7, 11) is 0. The Morgan fingerprint density at radius 3 is 2.53 bits per heavy atom. The first-order valence-corrected chi connectivity index (χ1v) is 11.1. The van der Waals surface area contributed by atoms with E-state index in [1.54, 1.807) is 18.6 Å². The Balaban J connectivity index is 1.03. The van der Waals surface area contributed by atoms with Gasteiger partial charge < -0.3 is 9.64 Å². The number of benzene rings is 1. The first-order valence-electron chi connectivity index (χ1n) is 10.7. The van der Waals surface area contributed by atoms with E-state index >= 15 is 0 Å². The van der Waals surface area contributed by atoms with Gasteiger partial charge in [-0.05, 0) is 79.3 Å². The molecule has 1 saturated heterocycles. The van der Waals surface area contributed by atoms with Crippen molar-refractivity contribution in [2.24, 2.45) is 17.8 Å². The van der Waals surface area contributed by atoms with Gasteiger partial charge in [0, 0.05) is 19.3 Å². The molecule has 2 aliphatic rings. The molecule has 7 heteroatoms. The molecule has 2 fully saturated rings. The summed E-state index contributed by atoms with van der Waals surface area (Å²) in [5.74, 6) is 4.25. The van der Waals surface area contributed by atoms with Crippen LogP contribution in [0.25, 0.3) is 11.3 Å². The van der Waals surface area contributed by atoms with Crippen LogP contribution in [0.5, 0.6) is 5.75 Å². The molecule has 1 saturated carbocycles. The van der Waals surface area contributed by atoms with E-state index in [-0.39, 0.29) is 0 Å². The lowest BCUT2D eigenvalue weighted by Crippen LogP contribution is -2.35. The average Bonchev–Trinajstić information content (AvgIpc) is 3.34. The van der Waals surface area contributed by atoms with Crippen LogP contribution in [0, 0.1) is 17.8 Å². The van der Waals surface area contributed by atoms with Crippen molar-refractivity contribution >= 4 is 17.5 Å². The van der Waals surface area contributed by atoms with Crippen LogP contribution < -0.4 is 9.64 Å². The third-order valence-corrected chi connectivity index (χ3v) is 6.63. The van der Waals surface area contributed by atoms with Crippen LogP contribution in [-0.2, 0) is 0 Å². The summed E-state index contributed by atoms with van der Waals surface area (Å²) in [4.78, 5) is 11.0. The minimum Gasteiger partial charge on any atom is -0.494 e. The second-order valence-corrected chi connectivity index (χ2v) is 8.75. The van der Waals surface area contributed by atoms with Gasteiger partial charge in [-0.25, -0.2) is 9.97 Å². The second kappa shape index (κ2) is 8.64. The van der Waals surface area contributed by atoms with Gasteiger partial charge in [0.15, 0.2) is 0 Å². The van der Waals surface area contributed by atoms with Crippen molar-refractivity contribution in [3.05, 3.63) is 53.9 Å². The fraction of sp³-hybridized carbons (Fsp3) is 0.435. The summed E-state index contributed by atoms with van der Waals surface area (Å²) >= 11 is 5.89. The molecule has 3 heterocycles. The molecule has 6 nitrogen and oxygen atoms in total. The maximum atomic E-state index is 5.99. The summed E-state index contributed by atoms with van der Waals surface area (Å²) in [6.07, 6.45) is 10.1. The normalized spacial score (nSPS) is 21.6. The van der Waals surface area contributed by atoms with Gasteiger partial charge in [-0.15, -0.1) is 0 Å². The zero-order chi connectivity index (χ0) is 20.3. The van der Waals surface area contributed by atoms with Crippen LogP contribution in [0.2, 0.25) is 5.02 Å². The van der Waals surface area contributed by atoms with E-state index in [0.29, 0.717) is 5.02 Å². The van der Waals surface area contributed by atoms with Gasteiger partial charge in [-0.2, -0.15) is 5.10 Å². The van der Waals surface area contributed by atoms with E-state index in [9.17, 15) is 0 Å². The molecule has 0 radical (unpaired) electrons. The maximum absolute atomic E-state index is 5.99. The Bertz CT molecular complexity index is 937. The minimum atomic E-state index is 0.588. The number of halogens is 1. The Kier molecular flexibility index (Phi) is 5.58. The topological polar surface area (TPSA) is 66.9 Å². The Morgan fingerprint density at radius 2 is 1.83 bits per heavy atom. The molecule has 0 amide bonds. The van der Waals surface area contributed by atoms with Gasteiger partial charge in [-0.3, -0.25) is 5.10 Å². The van der Waals surface area contributed by atoms with E-state index in [1.807, 2.05) is 18.2 Å². The molecule has 1 aliphatic carbocycles. The highest BCUT2D eigenvalue weighted by atomic mass is 35.5. The van der Waals surface area contributed by atoms with Gasteiger partial charge in [-0.1, -0.05) is 11.6 Å². The highest BCUT2D eigenvalue weighted by molar-refractivity contribution is 6.30. The Hall–Kier alpha value is -2.60. The molecule has 0 unspecified atom stereocenters. The number of rotatable bonds is 7. The maximum Gasteiger partial charge on any atom is 0.225 e. The molecular weight excluding hydrogens is 398 g/mol. The van der Waals surface area contributed by atoms with Gasteiger partial charge in [0.25, 0.3) is 0 Å². The number of anilines is 1. The van der Waals surface area contributed by atoms with Gasteiger partial charge in [0.1, 0.15) is 5.75 Å². The largest absolute Gasteiger partial charge is 0.494 e. The monoisotopic (exact) mass is 423 g/mol. The summed E-state index contributed by atoms with van der Waals surface area (Å²) in [5, 5.41) is 7.57. The lowest BCUT2D eigenvalue weighted by atomic mass is 9.90. The number of nitrogens with zero attached hydrogens (tertiary/aromatic N) is 4. The zero-order valence-corrected chi connectivity index (χ0v) is 17.6. The summed E-state index contributed by atoms with van der Waals surface area (Å²) in [6.45, 7) is 2.87. The smallest absolute Gasteiger partial charge is 0.225 e. The van der Waals surface area contributed by atoms with Crippen molar-refractivity contribution in [1.29, 1.82) is 0 Å². The molecule has 1 aliphatic heterocycles. The molecular formula is C23H26ClN5O. The van der Waals surface area contributed by atoms with Crippen molar-refractivity contribution in [2.75, 3.05) is 24.6 Å². The number of hydrogen-bond acceptors (Lipinski definition) is 5. The Labute approximate surface area is 181 Å². The molecule has 1 N–H and O–H groups in total. The highest BCUT2D eigenvalue weighted by Gasteiger charge is 2.43. The summed E-state index contributed by atoms with van der Waals surface area (Å²) in [6, 6.07) is 10.2. The first-order chi connectivity index (χ1) is 14.8. The quantitative estimate of drug-likeness (QED) is 0.588. The number of hydrogen-bond donors (Lipinski definition) is 1. The number of H-pyrrole nitrogens is 1. The fourth-order valence-corrected chi connectivity index (χ4v) is 4.75. The number of aromatic nitrogens is 4. The second-order valence-electron chi connectivity index (χ2n) is 8.32. The van der Waals surface area contributed by atoms with Gasteiger partial charge in [0.05, 0.1) is 29.7 Å². The van der Waals surface area contributed by atoms with Crippen LogP contribution in [0.1, 0.15) is 25.7 Å². The van der Waals surface area contributed by atoms with E-state index < -0.39 is 0 Å². The Morgan fingerprint density at radius 1 is 1.07 bits per heavy atom. The average molecular weight is 424 g/mol. The predicted octanol–water partition coefficient (Wildman–Crippen LogP) is 4.84. The molecule has 2 atom stereocenters. The number of ether oxygens (including phenoxy) is 1. The highest BCUT2D eigenvalue weighted by Crippen LogP contribution is 2.49. The molecule has 0 bridgehead atoms. The lowest BCUT2D eigenvalue weighted by Gasteiger charge is -2.32. The van der Waals surface area contributed by atoms with Crippen molar-refractivity contribution in [3.8, 4) is 17.0 Å². The van der Waals surface area contributed by atoms with Gasteiger partial charge >= 0.3 is 0 Å². The SMILES string of the molecule is Clc1cnc(N2CCC([C@@H]3C[C@@H]3CCOc3ccc(-c4ccn[nH]4)cc3)CC2)nc1. The first kappa shape index (κ1) is 19.4. The van der Waals surface area contributed by atoms with Crippen LogP contribution in [0.15, 0.2) is 48.9 Å². The van der Waals surface area contributed by atoms with Crippen molar-refractivity contribution in [2.45, 2.75) is 25.7 Å². The molecule has 0 spiro atoms. The van der Waals surface area contributed by atoms with Crippen LogP contribution in [0.3, 0.4) is 0 Å². The minimum absolute atomic E-state index is 0.588.